The molecule has 1 nitrogen and oxygen atoms in total. The van der Waals surface area contributed by atoms with E-state index in [0.29, 0.717) is 0 Å². The minimum Gasteiger partial charge on any atom is -0.329 e. The maximum Gasteiger partial charge on any atom is 0.0857 e. The highest BCUT2D eigenvalue weighted by molar-refractivity contribution is 5.98. The molecule has 0 unspecified atom stereocenters. The zero-order chi connectivity index (χ0) is 20.8. The third kappa shape index (κ3) is 2.04. The number of allylic oxidation sites excluding steroid dienone is 2. The van der Waals surface area contributed by atoms with Gasteiger partial charge in [0, 0.05) is 22.5 Å². The lowest BCUT2D eigenvalue weighted by atomic mass is 9.77. The lowest BCUT2D eigenvalue weighted by Crippen LogP contribution is -2.32. The molecule has 0 saturated heterocycles. The Hall–Kier alpha value is -3.84. The van der Waals surface area contributed by atoms with Gasteiger partial charge in [-0.05, 0) is 93.7 Å². The molecule has 0 saturated carbocycles. The minimum absolute atomic E-state index is 0.184. The predicted molar refractivity (Wildman–Crippen MR) is 133 cm³/mol. The van der Waals surface area contributed by atoms with Crippen LogP contribution in [0.25, 0.3) is 34.4 Å². The second-order valence-electron chi connectivity index (χ2n) is 9.30. The van der Waals surface area contributed by atoms with Crippen LogP contribution in [0.1, 0.15) is 39.4 Å². The number of hydrogen-bond donors (Lipinski definition) is 0. The number of anilines is 2. The number of nitrogens with zero attached hydrogens (tertiary/aromatic N) is 1. The molecule has 2 aliphatic heterocycles. The van der Waals surface area contributed by atoms with E-state index < -0.39 is 0 Å². The molecule has 0 radical (unpaired) electrons. The van der Waals surface area contributed by atoms with E-state index in [0.717, 1.165) is 12.8 Å². The Bertz CT molecular complexity index is 1420. The molecule has 0 N–H and O–H groups in total. The van der Waals surface area contributed by atoms with Crippen molar-refractivity contribution in [3.8, 4) is 22.3 Å². The molecule has 0 atom stereocenters. The van der Waals surface area contributed by atoms with E-state index in [2.05, 4.69) is 102 Å². The van der Waals surface area contributed by atoms with Crippen molar-refractivity contribution in [2.75, 3.05) is 4.90 Å². The Morgan fingerprint density at radius 3 is 1.59 bits per heavy atom. The third-order valence-electron chi connectivity index (χ3n) is 7.65. The topological polar surface area (TPSA) is 3.24 Å². The lowest BCUT2D eigenvalue weighted by Gasteiger charge is -2.45. The standard InChI is InChI=1S/C31H21N/c1-3-13-29-23(11-1)25-15-19-7-5-9-21(19)17-27(25)31-28-18-22-10-6-8-20(22)16-26(28)24-12-2-4-14-30(24)32(29)31/h1-6,9-18,31H,7-8H2. The SMILES string of the molecule is C1=Cc2cc3c(cc2C1)-c1ccccc1N1c2ccccc2-c2cc4c(cc2C31)C=CC4. The van der Waals surface area contributed by atoms with Crippen molar-refractivity contribution in [1.82, 2.24) is 0 Å². The van der Waals surface area contributed by atoms with Crippen LogP contribution in [0.5, 0.6) is 0 Å². The zero-order valence-electron chi connectivity index (χ0n) is 17.7. The van der Waals surface area contributed by atoms with Crippen LogP contribution < -0.4 is 4.90 Å². The van der Waals surface area contributed by atoms with Crippen molar-refractivity contribution in [2.24, 2.45) is 0 Å². The summed E-state index contributed by atoms with van der Waals surface area (Å²) in [6.07, 6.45) is 11.3. The zero-order valence-corrected chi connectivity index (χ0v) is 17.7. The summed E-state index contributed by atoms with van der Waals surface area (Å²) in [4.78, 5) is 2.59. The van der Waals surface area contributed by atoms with Crippen LogP contribution in [0.4, 0.5) is 11.4 Å². The molecule has 4 aliphatic rings. The smallest absolute Gasteiger partial charge is 0.0857 e. The van der Waals surface area contributed by atoms with E-state index in [4.69, 9.17) is 0 Å². The summed E-state index contributed by atoms with van der Waals surface area (Å²) in [6.45, 7) is 0. The minimum atomic E-state index is 0.184. The quantitative estimate of drug-likeness (QED) is 0.288. The highest BCUT2D eigenvalue weighted by Crippen LogP contribution is 2.57. The predicted octanol–water partition coefficient (Wildman–Crippen LogP) is 7.71. The number of benzene rings is 4. The van der Waals surface area contributed by atoms with Gasteiger partial charge in [-0.25, -0.2) is 0 Å². The molecule has 150 valence electrons. The normalized spacial score (nSPS) is 16.1. The summed E-state index contributed by atoms with van der Waals surface area (Å²) >= 11 is 0. The van der Waals surface area contributed by atoms with E-state index in [-0.39, 0.29) is 6.04 Å². The number of para-hydroxylation sites is 2. The Morgan fingerprint density at radius 2 is 1.06 bits per heavy atom. The first-order chi connectivity index (χ1) is 15.9. The van der Waals surface area contributed by atoms with Gasteiger partial charge in [-0.1, -0.05) is 60.7 Å². The summed E-state index contributed by atoms with van der Waals surface area (Å²) < 4.78 is 0. The molecule has 1 heteroatoms. The van der Waals surface area contributed by atoms with E-state index in [1.54, 1.807) is 0 Å². The van der Waals surface area contributed by atoms with Crippen LogP contribution >= 0.6 is 0 Å². The first kappa shape index (κ1) is 16.8. The maximum absolute atomic E-state index is 2.59. The Morgan fingerprint density at radius 1 is 0.562 bits per heavy atom. The fourth-order valence-corrected chi connectivity index (χ4v) is 6.24. The third-order valence-corrected chi connectivity index (χ3v) is 7.65. The first-order valence-corrected chi connectivity index (χ1v) is 11.5. The molecule has 0 aromatic heterocycles. The van der Waals surface area contributed by atoms with Gasteiger partial charge in [0.25, 0.3) is 0 Å². The molecule has 0 bridgehead atoms. The van der Waals surface area contributed by atoms with Crippen LogP contribution in [0.15, 0.2) is 84.9 Å². The van der Waals surface area contributed by atoms with Crippen molar-refractivity contribution < 1.29 is 0 Å². The molecular formula is C31H21N. The van der Waals surface area contributed by atoms with Crippen molar-refractivity contribution in [3.63, 3.8) is 0 Å². The van der Waals surface area contributed by atoms with Crippen LogP contribution in [-0.2, 0) is 12.8 Å². The molecule has 0 fully saturated rings. The molecule has 2 heterocycles. The molecule has 4 aromatic carbocycles. The summed E-state index contributed by atoms with van der Waals surface area (Å²) in [5.41, 5.74) is 16.6. The highest BCUT2D eigenvalue weighted by atomic mass is 15.2. The van der Waals surface area contributed by atoms with Gasteiger partial charge in [-0.3, -0.25) is 0 Å². The summed E-state index contributed by atoms with van der Waals surface area (Å²) in [7, 11) is 0. The van der Waals surface area contributed by atoms with Crippen LogP contribution in [0, 0.1) is 0 Å². The summed E-state index contributed by atoms with van der Waals surface area (Å²) in [6, 6.07) is 27.9. The Balaban J connectivity index is 1.52. The van der Waals surface area contributed by atoms with Gasteiger partial charge in [-0.15, -0.1) is 0 Å². The second-order valence-corrected chi connectivity index (χ2v) is 9.30. The van der Waals surface area contributed by atoms with Crippen molar-refractivity contribution in [3.05, 3.63) is 118 Å². The monoisotopic (exact) mass is 407 g/mol. The van der Waals surface area contributed by atoms with Gasteiger partial charge in [0.15, 0.2) is 0 Å². The van der Waals surface area contributed by atoms with Gasteiger partial charge < -0.3 is 4.90 Å². The lowest BCUT2D eigenvalue weighted by molar-refractivity contribution is 0.801. The van der Waals surface area contributed by atoms with E-state index >= 15 is 0 Å². The molecule has 2 aliphatic carbocycles. The Labute approximate surface area is 188 Å². The molecule has 4 aromatic rings. The van der Waals surface area contributed by atoms with Gasteiger partial charge >= 0.3 is 0 Å². The molecular weight excluding hydrogens is 386 g/mol. The number of fused-ring (bicyclic) bond motifs is 13. The van der Waals surface area contributed by atoms with Gasteiger partial charge in [0.2, 0.25) is 0 Å². The molecule has 0 spiro atoms. The van der Waals surface area contributed by atoms with E-state index in [1.165, 1.54) is 67.0 Å². The first-order valence-electron chi connectivity index (χ1n) is 11.5. The largest absolute Gasteiger partial charge is 0.329 e. The van der Waals surface area contributed by atoms with E-state index in [9.17, 15) is 0 Å². The fraction of sp³-hybridized carbons (Fsp3) is 0.0968. The average molecular weight is 408 g/mol. The number of hydrogen-bond acceptors (Lipinski definition) is 1. The maximum atomic E-state index is 2.59. The average Bonchev–Trinajstić information content (AvgIpc) is 3.50. The highest BCUT2D eigenvalue weighted by Gasteiger charge is 2.39. The fourth-order valence-electron chi connectivity index (χ4n) is 6.24. The molecule has 32 heavy (non-hydrogen) atoms. The summed E-state index contributed by atoms with van der Waals surface area (Å²) in [5.74, 6) is 0. The van der Waals surface area contributed by atoms with Crippen LogP contribution in [0.2, 0.25) is 0 Å². The van der Waals surface area contributed by atoms with E-state index in [1.807, 2.05) is 0 Å². The van der Waals surface area contributed by atoms with Gasteiger partial charge in [0.1, 0.15) is 0 Å². The summed E-state index contributed by atoms with van der Waals surface area (Å²) in [5, 5.41) is 0. The van der Waals surface area contributed by atoms with Crippen LogP contribution in [-0.4, -0.2) is 0 Å². The van der Waals surface area contributed by atoms with Gasteiger partial charge in [0.05, 0.1) is 6.04 Å². The van der Waals surface area contributed by atoms with Crippen molar-refractivity contribution in [2.45, 2.75) is 18.9 Å². The van der Waals surface area contributed by atoms with Crippen molar-refractivity contribution in [1.29, 1.82) is 0 Å². The molecule has 0 amide bonds. The van der Waals surface area contributed by atoms with Gasteiger partial charge in [-0.2, -0.15) is 0 Å². The number of rotatable bonds is 0. The van der Waals surface area contributed by atoms with Crippen molar-refractivity contribution >= 4 is 23.5 Å². The Kier molecular flexibility index (Phi) is 3.09. The molecule has 8 rings (SSSR count). The van der Waals surface area contributed by atoms with Crippen LogP contribution in [0.3, 0.4) is 0 Å². The second kappa shape index (κ2) is 5.89.